The van der Waals surface area contributed by atoms with Gasteiger partial charge < -0.3 is 20.5 Å². The maximum atomic E-state index is 15.2. The van der Waals surface area contributed by atoms with Crippen LogP contribution in [-0.2, 0) is 0 Å². The van der Waals surface area contributed by atoms with Crippen LogP contribution >= 0.6 is 0 Å². The lowest BCUT2D eigenvalue weighted by Crippen LogP contribution is -2.39. The standard InChI is InChI=1S/C29H25F2N7O4/c30-17-3-6-19(7-4-17)38-28(41)20(9-14-33-38)27(40)34-18-5-8-22(21(31)15-18)42-23-10-13-32-25-24(23)26(37-36-25)35-29(16-39)11-1-2-12-29/h3-10,13-15,39H,1-2,11-12,16H2,(H,34,40)(H2,32,35,36,37). The third kappa shape index (κ3) is 5.17. The molecule has 3 aromatic heterocycles. The van der Waals surface area contributed by atoms with E-state index in [1.54, 1.807) is 6.07 Å². The monoisotopic (exact) mass is 573 g/mol. The Morgan fingerprint density at radius 2 is 1.83 bits per heavy atom. The first-order valence-electron chi connectivity index (χ1n) is 13.2. The van der Waals surface area contributed by atoms with Gasteiger partial charge in [0.05, 0.1) is 17.8 Å². The minimum Gasteiger partial charge on any atom is -0.453 e. The molecule has 1 fully saturated rings. The molecule has 2 aromatic carbocycles. The lowest BCUT2D eigenvalue weighted by Gasteiger charge is -2.28. The van der Waals surface area contributed by atoms with Crippen molar-refractivity contribution in [2.24, 2.45) is 0 Å². The molecule has 0 radical (unpaired) electrons. The van der Waals surface area contributed by atoms with Gasteiger partial charge in [0, 0.05) is 30.2 Å². The zero-order chi connectivity index (χ0) is 29.3. The molecule has 1 saturated carbocycles. The number of hydrogen-bond acceptors (Lipinski definition) is 8. The Bertz CT molecular complexity index is 1830. The van der Waals surface area contributed by atoms with Gasteiger partial charge in [0.25, 0.3) is 11.5 Å². The Morgan fingerprint density at radius 3 is 2.57 bits per heavy atom. The van der Waals surface area contributed by atoms with Crippen LogP contribution in [0.1, 0.15) is 36.0 Å². The molecule has 0 aliphatic heterocycles. The Kier molecular flexibility index (Phi) is 7.08. The van der Waals surface area contributed by atoms with Crippen LogP contribution in [0, 0.1) is 11.6 Å². The summed E-state index contributed by atoms with van der Waals surface area (Å²) in [6.07, 6.45) is 6.30. The van der Waals surface area contributed by atoms with Crippen molar-refractivity contribution in [2.45, 2.75) is 31.2 Å². The second kappa shape index (κ2) is 11.0. The number of aliphatic hydroxyl groups excluding tert-OH is 1. The van der Waals surface area contributed by atoms with E-state index in [9.17, 15) is 19.1 Å². The number of H-pyrrole nitrogens is 1. The molecule has 13 heteroatoms. The van der Waals surface area contributed by atoms with Gasteiger partial charge in [0.15, 0.2) is 23.0 Å². The third-order valence-electron chi connectivity index (χ3n) is 7.24. The van der Waals surface area contributed by atoms with Crippen molar-refractivity contribution < 1.29 is 23.4 Å². The van der Waals surface area contributed by atoms with E-state index in [-0.39, 0.29) is 35.0 Å². The summed E-state index contributed by atoms with van der Waals surface area (Å²) < 4.78 is 35.3. The number of carbonyl (C=O) groups excluding carboxylic acids is 1. The van der Waals surface area contributed by atoms with E-state index in [1.807, 2.05) is 0 Å². The number of benzene rings is 2. The van der Waals surface area contributed by atoms with Gasteiger partial charge in [0.2, 0.25) is 0 Å². The summed E-state index contributed by atoms with van der Waals surface area (Å²) in [5.41, 5.74) is -0.678. The molecule has 0 unspecified atom stereocenters. The first-order valence-corrected chi connectivity index (χ1v) is 13.2. The summed E-state index contributed by atoms with van der Waals surface area (Å²) >= 11 is 0. The molecule has 214 valence electrons. The summed E-state index contributed by atoms with van der Waals surface area (Å²) in [5.74, 6) is -1.41. The van der Waals surface area contributed by atoms with E-state index in [0.717, 1.165) is 36.4 Å². The number of aromatic amines is 1. The topological polar surface area (TPSA) is 147 Å². The highest BCUT2D eigenvalue weighted by atomic mass is 19.1. The van der Waals surface area contributed by atoms with Crippen molar-refractivity contribution >= 4 is 28.4 Å². The van der Waals surface area contributed by atoms with E-state index in [0.29, 0.717) is 16.9 Å². The maximum absolute atomic E-state index is 15.2. The fourth-order valence-corrected chi connectivity index (χ4v) is 5.05. The molecule has 6 rings (SSSR count). The number of ether oxygens (including phenoxy) is 1. The summed E-state index contributed by atoms with van der Waals surface area (Å²) in [7, 11) is 0. The summed E-state index contributed by atoms with van der Waals surface area (Å²) in [4.78, 5) is 30.1. The van der Waals surface area contributed by atoms with Crippen molar-refractivity contribution in [1.29, 1.82) is 0 Å². The summed E-state index contributed by atoms with van der Waals surface area (Å²) in [5, 5.41) is 27.5. The number of halogens is 2. The van der Waals surface area contributed by atoms with Crippen LogP contribution in [-0.4, -0.2) is 48.1 Å². The van der Waals surface area contributed by atoms with Crippen molar-refractivity contribution in [3.63, 3.8) is 0 Å². The van der Waals surface area contributed by atoms with Crippen molar-refractivity contribution in [1.82, 2.24) is 25.0 Å². The molecule has 1 aliphatic rings. The number of fused-ring (bicyclic) bond motifs is 1. The molecule has 42 heavy (non-hydrogen) atoms. The predicted molar refractivity (Wildman–Crippen MR) is 150 cm³/mol. The number of nitrogens with zero attached hydrogens (tertiary/aromatic N) is 4. The first kappa shape index (κ1) is 27.0. The first-order chi connectivity index (χ1) is 20.4. The number of amides is 1. The predicted octanol–water partition coefficient (Wildman–Crippen LogP) is 4.54. The lowest BCUT2D eigenvalue weighted by molar-refractivity contribution is 0.102. The zero-order valence-electron chi connectivity index (χ0n) is 22.1. The minimum atomic E-state index is -0.777. The van der Waals surface area contributed by atoms with Crippen LogP contribution < -0.4 is 20.9 Å². The number of nitrogens with one attached hydrogen (secondary N) is 3. The molecule has 3 heterocycles. The highest BCUT2D eigenvalue weighted by Gasteiger charge is 2.34. The van der Waals surface area contributed by atoms with Crippen LogP contribution in [0.5, 0.6) is 11.5 Å². The fourth-order valence-electron chi connectivity index (χ4n) is 5.05. The van der Waals surface area contributed by atoms with Crippen molar-refractivity contribution in [2.75, 3.05) is 17.2 Å². The van der Waals surface area contributed by atoms with Gasteiger partial charge in [-0.1, -0.05) is 12.8 Å². The second-order valence-corrected chi connectivity index (χ2v) is 10.0. The smallest absolute Gasteiger partial charge is 0.284 e. The van der Waals surface area contributed by atoms with Gasteiger partial charge in [0.1, 0.15) is 22.5 Å². The van der Waals surface area contributed by atoms with Gasteiger partial charge in [-0.25, -0.2) is 13.8 Å². The fraction of sp³-hybridized carbons (Fsp3) is 0.207. The Morgan fingerprint density at radius 1 is 1.05 bits per heavy atom. The molecule has 5 aromatic rings. The molecule has 0 atom stereocenters. The molecular weight excluding hydrogens is 548 g/mol. The van der Waals surface area contributed by atoms with Gasteiger partial charge in [-0.05, 0) is 55.3 Å². The minimum absolute atomic E-state index is 0.0564. The van der Waals surface area contributed by atoms with Gasteiger partial charge in [-0.15, -0.1) is 0 Å². The highest BCUT2D eigenvalue weighted by molar-refractivity contribution is 6.04. The normalized spacial score (nSPS) is 14.2. The quantitative estimate of drug-likeness (QED) is 0.212. The molecule has 0 saturated heterocycles. The van der Waals surface area contributed by atoms with Crippen LogP contribution in [0.3, 0.4) is 0 Å². The van der Waals surface area contributed by atoms with Crippen molar-refractivity contribution in [3.8, 4) is 17.2 Å². The van der Waals surface area contributed by atoms with Gasteiger partial charge in [-0.2, -0.15) is 14.9 Å². The summed E-state index contributed by atoms with van der Waals surface area (Å²) in [6, 6.07) is 11.7. The largest absolute Gasteiger partial charge is 0.453 e. The average molecular weight is 574 g/mol. The molecule has 1 amide bonds. The SMILES string of the molecule is O=C(Nc1ccc(Oc2ccnc3[nH]nc(NC4(CO)CCCC4)c23)c(F)c1)c1ccnn(-c2ccc(F)cc2)c1=O. The average Bonchev–Trinajstić information content (AvgIpc) is 3.63. The number of aromatic nitrogens is 5. The van der Waals surface area contributed by atoms with E-state index in [1.165, 1.54) is 54.9 Å². The second-order valence-electron chi connectivity index (χ2n) is 10.0. The van der Waals surface area contributed by atoms with E-state index in [2.05, 4.69) is 30.9 Å². The lowest BCUT2D eigenvalue weighted by atomic mass is 9.99. The Hall–Kier alpha value is -5.17. The molecule has 4 N–H and O–H groups in total. The third-order valence-corrected chi connectivity index (χ3v) is 7.24. The molecule has 1 aliphatic carbocycles. The molecule has 0 bridgehead atoms. The number of rotatable bonds is 8. The van der Waals surface area contributed by atoms with Crippen LogP contribution in [0.2, 0.25) is 0 Å². The molecule has 11 nitrogen and oxygen atoms in total. The van der Waals surface area contributed by atoms with E-state index < -0.39 is 28.6 Å². The van der Waals surface area contributed by atoms with Gasteiger partial charge in [-0.3, -0.25) is 14.7 Å². The van der Waals surface area contributed by atoms with Crippen molar-refractivity contribution in [3.05, 3.63) is 94.5 Å². The number of aliphatic hydroxyl groups is 1. The maximum Gasteiger partial charge on any atom is 0.284 e. The number of anilines is 2. The zero-order valence-corrected chi connectivity index (χ0v) is 22.1. The number of hydrogen-bond donors (Lipinski definition) is 4. The molecular formula is C29H25F2N7O4. The number of pyridine rings is 1. The Balaban J connectivity index is 1.22. The van der Waals surface area contributed by atoms with E-state index in [4.69, 9.17) is 4.74 Å². The van der Waals surface area contributed by atoms with E-state index >= 15 is 4.39 Å². The molecule has 0 spiro atoms. The Labute approximate surface area is 237 Å². The summed E-state index contributed by atoms with van der Waals surface area (Å²) in [6.45, 7) is -0.0564. The highest BCUT2D eigenvalue weighted by Crippen LogP contribution is 2.38. The van der Waals surface area contributed by atoms with Crippen LogP contribution in [0.15, 0.2) is 71.8 Å². The number of carbonyl (C=O) groups is 1. The van der Waals surface area contributed by atoms with Gasteiger partial charge >= 0.3 is 0 Å². The van der Waals surface area contributed by atoms with Crippen LogP contribution in [0.25, 0.3) is 16.7 Å². The van der Waals surface area contributed by atoms with Crippen LogP contribution in [0.4, 0.5) is 20.3 Å².